The van der Waals surface area contributed by atoms with Gasteiger partial charge in [-0.15, -0.1) is 11.8 Å². The molecule has 0 spiro atoms. The Labute approximate surface area is 118 Å². The molecule has 0 aromatic heterocycles. The SMILES string of the molecule is C\C=C/C(SCCC(=O)OC)=C(F)\C(N)=C\CCC. The lowest BCUT2D eigenvalue weighted by Gasteiger charge is -2.06. The van der Waals surface area contributed by atoms with E-state index in [0.717, 1.165) is 12.8 Å². The maximum absolute atomic E-state index is 14.1. The van der Waals surface area contributed by atoms with Crippen molar-refractivity contribution in [2.24, 2.45) is 5.73 Å². The summed E-state index contributed by atoms with van der Waals surface area (Å²) in [4.78, 5) is 11.4. The standard InChI is InChI=1S/C14H22FNO2S/c1-4-6-8-11(16)14(15)12(7-5-2)19-10-9-13(17)18-3/h5,7-8H,4,6,9-10,16H2,1-3H3/b7-5-,11-8-,14-12-. The van der Waals surface area contributed by atoms with Gasteiger partial charge < -0.3 is 10.5 Å². The van der Waals surface area contributed by atoms with Crippen molar-refractivity contribution >= 4 is 17.7 Å². The number of nitrogens with two attached hydrogens (primary N) is 1. The summed E-state index contributed by atoms with van der Waals surface area (Å²) in [6.07, 6.45) is 6.99. The summed E-state index contributed by atoms with van der Waals surface area (Å²) in [5, 5.41) is 0. The Kier molecular flexibility index (Phi) is 9.98. The molecule has 0 aliphatic rings. The zero-order valence-corrected chi connectivity index (χ0v) is 12.6. The molecule has 0 aromatic carbocycles. The number of ether oxygens (including phenoxy) is 1. The molecule has 0 heterocycles. The minimum absolute atomic E-state index is 0.153. The number of unbranched alkanes of at least 4 members (excludes halogenated alkanes) is 1. The van der Waals surface area contributed by atoms with Gasteiger partial charge in [-0.05, 0) is 19.4 Å². The van der Waals surface area contributed by atoms with Gasteiger partial charge in [0.1, 0.15) is 0 Å². The largest absolute Gasteiger partial charge is 0.469 e. The predicted molar refractivity (Wildman–Crippen MR) is 79.2 cm³/mol. The van der Waals surface area contributed by atoms with E-state index in [9.17, 15) is 9.18 Å². The average Bonchev–Trinajstić information content (AvgIpc) is 2.42. The molecule has 0 aliphatic carbocycles. The molecule has 0 aliphatic heterocycles. The number of thioether (sulfide) groups is 1. The molecule has 0 aromatic rings. The maximum Gasteiger partial charge on any atom is 0.306 e. The quantitative estimate of drug-likeness (QED) is 0.546. The van der Waals surface area contributed by atoms with E-state index in [4.69, 9.17) is 5.73 Å². The van der Waals surface area contributed by atoms with Gasteiger partial charge in [0.15, 0.2) is 5.83 Å². The molecule has 0 radical (unpaired) electrons. The number of hydrogen-bond donors (Lipinski definition) is 1. The Balaban J connectivity index is 4.73. The summed E-state index contributed by atoms with van der Waals surface area (Å²) < 4.78 is 18.6. The lowest BCUT2D eigenvalue weighted by molar-refractivity contribution is -0.140. The predicted octanol–water partition coefficient (Wildman–Crippen LogP) is 3.68. The van der Waals surface area contributed by atoms with E-state index >= 15 is 0 Å². The van der Waals surface area contributed by atoms with Gasteiger partial charge in [-0.25, -0.2) is 4.39 Å². The van der Waals surface area contributed by atoms with Gasteiger partial charge in [-0.2, -0.15) is 0 Å². The molecule has 0 atom stereocenters. The summed E-state index contributed by atoms with van der Waals surface area (Å²) in [6.45, 7) is 3.81. The molecular formula is C14H22FNO2S. The third kappa shape index (κ3) is 7.72. The van der Waals surface area contributed by atoms with E-state index in [1.807, 2.05) is 6.92 Å². The Morgan fingerprint density at radius 2 is 2.16 bits per heavy atom. The molecule has 3 nitrogen and oxygen atoms in total. The second kappa shape index (κ2) is 10.7. The highest BCUT2D eigenvalue weighted by Crippen LogP contribution is 2.26. The van der Waals surface area contributed by atoms with Crippen LogP contribution in [0.2, 0.25) is 0 Å². The third-order valence-corrected chi connectivity index (χ3v) is 3.27. The lowest BCUT2D eigenvalue weighted by atomic mass is 10.2. The smallest absolute Gasteiger partial charge is 0.306 e. The number of carbonyl (C=O) groups excluding carboxylic acids is 1. The van der Waals surface area contributed by atoms with Crippen LogP contribution in [-0.4, -0.2) is 18.8 Å². The summed E-state index contributed by atoms with van der Waals surface area (Å²) in [7, 11) is 1.34. The van der Waals surface area contributed by atoms with Crippen LogP contribution in [0.3, 0.4) is 0 Å². The van der Waals surface area contributed by atoms with Crippen molar-refractivity contribution in [1.82, 2.24) is 0 Å². The highest BCUT2D eigenvalue weighted by atomic mass is 32.2. The topological polar surface area (TPSA) is 52.3 Å². The molecule has 0 amide bonds. The van der Waals surface area contributed by atoms with Crippen molar-refractivity contribution < 1.29 is 13.9 Å². The molecule has 0 fully saturated rings. The molecule has 0 rings (SSSR count). The maximum atomic E-state index is 14.1. The number of halogens is 1. The highest BCUT2D eigenvalue weighted by molar-refractivity contribution is 8.03. The van der Waals surface area contributed by atoms with Crippen molar-refractivity contribution in [3.05, 3.63) is 34.7 Å². The van der Waals surface area contributed by atoms with E-state index in [1.54, 1.807) is 25.2 Å². The number of esters is 1. The van der Waals surface area contributed by atoms with E-state index < -0.39 is 5.83 Å². The normalized spacial score (nSPS) is 13.6. The van der Waals surface area contributed by atoms with Gasteiger partial charge >= 0.3 is 5.97 Å². The zero-order chi connectivity index (χ0) is 14.7. The van der Waals surface area contributed by atoms with Crippen LogP contribution in [0.4, 0.5) is 4.39 Å². The van der Waals surface area contributed by atoms with Crippen LogP contribution in [0, 0.1) is 0 Å². The Morgan fingerprint density at radius 1 is 1.47 bits per heavy atom. The van der Waals surface area contributed by atoms with E-state index in [1.165, 1.54) is 18.9 Å². The van der Waals surface area contributed by atoms with E-state index in [0.29, 0.717) is 10.7 Å². The third-order valence-electron chi connectivity index (χ3n) is 2.23. The van der Waals surface area contributed by atoms with Gasteiger partial charge in [0.25, 0.3) is 0 Å². The first-order valence-electron chi connectivity index (χ1n) is 6.24. The first kappa shape index (κ1) is 17.8. The Morgan fingerprint density at radius 3 is 2.68 bits per heavy atom. The van der Waals surface area contributed by atoms with Gasteiger partial charge in [-0.1, -0.05) is 25.5 Å². The van der Waals surface area contributed by atoms with Crippen molar-refractivity contribution in [3.8, 4) is 0 Å². The highest BCUT2D eigenvalue weighted by Gasteiger charge is 2.09. The van der Waals surface area contributed by atoms with Crippen molar-refractivity contribution in [2.75, 3.05) is 12.9 Å². The van der Waals surface area contributed by atoms with Gasteiger partial charge in [0, 0.05) is 10.7 Å². The first-order chi connectivity index (χ1) is 9.06. The molecule has 5 heteroatoms. The number of hydrogen-bond acceptors (Lipinski definition) is 4. The second-order valence-electron chi connectivity index (χ2n) is 3.80. The van der Waals surface area contributed by atoms with Gasteiger partial charge in [0.05, 0.1) is 19.2 Å². The van der Waals surface area contributed by atoms with Crippen LogP contribution >= 0.6 is 11.8 Å². The second-order valence-corrected chi connectivity index (χ2v) is 4.94. The molecular weight excluding hydrogens is 265 g/mol. The van der Waals surface area contributed by atoms with Gasteiger partial charge in [-0.3, -0.25) is 4.79 Å². The van der Waals surface area contributed by atoms with E-state index in [2.05, 4.69) is 4.74 Å². The van der Waals surface area contributed by atoms with Crippen LogP contribution in [0.1, 0.15) is 33.1 Å². The van der Waals surface area contributed by atoms with Crippen LogP contribution in [-0.2, 0) is 9.53 Å². The van der Waals surface area contributed by atoms with Crippen LogP contribution < -0.4 is 5.73 Å². The number of rotatable bonds is 8. The van der Waals surface area contributed by atoms with Crippen molar-refractivity contribution in [3.63, 3.8) is 0 Å². The zero-order valence-electron chi connectivity index (χ0n) is 11.7. The van der Waals surface area contributed by atoms with Crippen LogP contribution in [0.25, 0.3) is 0 Å². The Bertz CT molecular complexity index is 376. The minimum atomic E-state index is -0.429. The molecule has 0 unspecified atom stereocenters. The summed E-state index contributed by atoms with van der Waals surface area (Å²) in [6, 6.07) is 0. The van der Waals surface area contributed by atoms with Crippen LogP contribution in [0.15, 0.2) is 34.7 Å². The van der Waals surface area contributed by atoms with Gasteiger partial charge in [0.2, 0.25) is 0 Å². The molecule has 0 saturated heterocycles. The summed E-state index contributed by atoms with van der Waals surface area (Å²) in [5.41, 5.74) is 5.83. The number of allylic oxidation sites excluding steroid dienone is 4. The van der Waals surface area contributed by atoms with Crippen LogP contribution in [0.5, 0.6) is 0 Å². The summed E-state index contributed by atoms with van der Waals surface area (Å²) in [5.74, 6) is -0.274. The fourth-order valence-electron chi connectivity index (χ4n) is 1.21. The fourth-order valence-corrected chi connectivity index (χ4v) is 2.18. The molecule has 19 heavy (non-hydrogen) atoms. The first-order valence-corrected chi connectivity index (χ1v) is 7.23. The lowest BCUT2D eigenvalue weighted by Crippen LogP contribution is -2.02. The minimum Gasteiger partial charge on any atom is -0.469 e. The number of methoxy groups -OCH3 is 1. The molecule has 0 saturated carbocycles. The number of carbonyl (C=O) groups is 1. The molecule has 0 bridgehead atoms. The van der Waals surface area contributed by atoms with Crippen molar-refractivity contribution in [1.29, 1.82) is 0 Å². The Hall–Kier alpha value is -1.23. The van der Waals surface area contributed by atoms with Crippen molar-refractivity contribution in [2.45, 2.75) is 33.1 Å². The average molecular weight is 287 g/mol. The summed E-state index contributed by atoms with van der Waals surface area (Å²) >= 11 is 1.26. The fraction of sp³-hybridized carbons (Fsp3) is 0.500. The monoisotopic (exact) mass is 287 g/mol. The van der Waals surface area contributed by atoms with E-state index in [-0.39, 0.29) is 18.1 Å². The molecule has 2 N–H and O–H groups in total. The molecule has 108 valence electrons.